The normalized spacial score (nSPS) is 16.4. The van der Waals surface area contributed by atoms with Crippen LogP contribution in [0.15, 0.2) is 12.1 Å². The van der Waals surface area contributed by atoms with Crippen molar-refractivity contribution < 1.29 is 9.31 Å². The molecule has 21 heavy (non-hydrogen) atoms. The highest BCUT2D eigenvalue weighted by Gasteiger charge is 2.23. The number of anilines is 1. The average Bonchev–Trinajstić information content (AvgIpc) is 2.44. The first kappa shape index (κ1) is 15.5. The van der Waals surface area contributed by atoms with Crippen molar-refractivity contribution in [3.05, 3.63) is 33.1 Å². The van der Waals surface area contributed by atoms with E-state index in [9.17, 15) is 14.5 Å². The molecule has 0 unspecified atom stereocenters. The van der Waals surface area contributed by atoms with Crippen LogP contribution in [0.1, 0.15) is 12.8 Å². The van der Waals surface area contributed by atoms with Crippen molar-refractivity contribution in [1.29, 1.82) is 5.26 Å². The molecule has 0 amide bonds. The second kappa shape index (κ2) is 6.70. The van der Waals surface area contributed by atoms with E-state index in [4.69, 9.17) is 16.9 Å². The third-order valence-electron chi connectivity index (χ3n) is 3.48. The molecular weight excluding hydrogens is 299 g/mol. The van der Waals surface area contributed by atoms with E-state index < -0.39 is 10.7 Å². The van der Waals surface area contributed by atoms with E-state index in [1.54, 1.807) is 0 Å². The smallest absolute Gasteiger partial charge is 0.294 e. The topological polar surface area (TPSA) is 82.2 Å². The number of nitriles is 1. The average molecular weight is 313 g/mol. The third kappa shape index (κ3) is 3.80. The maximum absolute atomic E-state index is 13.5. The Balaban J connectivity index is 2.08. The largest absolute Gasteiger partial charge is 0.377 e. The number of nitrogens with zero attached hydrogens (tertiary/aromatic N) is 3. The summed E-state index contributed by atoms with van der Waals surface area (Å²) in [7, 11) is 0. The van der Waals surface area contributed by atoms with Gasteiger partial charge >= 0.3 is 0 Å². The molecule has 6 nitrogen and oxygen atoms in total. The van der Waals surface area contributed by atoms with Gasteiger partial charge in [-0.2, -0.15) is 5.26 Å². The van der Waals surface area contributed by atoms with E-state index in [0.29, 0.717) is 6.54 Å². The Morgan fingerprint density at radius 3 is 2.76 bits per heavy atom. The van der Waals surface area contributed by atoms with E-state index in [1.807, 2.05) is 4.90 Å². The van der Waals surface area contributed by atoms with Crippen LogP contribution < -0.4 is 5.32 Å². The molecule has 1 aromatic rings. The van der Waals surface area contributed by atoms with Crippen LogP contribution in [0.25, 0.3) is 0 Å². The Morgan fingerprint density at radius 1 is 1.52 bits per heavy atom. The minimum atomic E-state index is -0.688. The molecule has 0 aliphatic carbocycles. The van der Waals surface area contributed by atoms with Gasteiger partial charge in [0.05, 0.1) is 22.6 Å². The number of nitro groups is 1. The number of benzene rings is 1. The fraction of sp³-hybridized carbons (Fsp3) is 0.462. The summed E-state index contributed by atoms with van der Waals surface area (Å²) in [6.45, 7) is 1.84. The number of nitro benzene ring substituents is 1. The quantitative estimate of drug-likeness (QED) is 0.525. The predicted molar refractivity (Wildman–Crippen MR) is 76.8 cm³/mol. The lowest BCUT2D eigenvalue weighted by atomic mass is 10.0. The monoisotopic (exact) mass is 312 g/mol. The number of piperidine rings is 1. The summed E-state index contributed by atoms with van der Waals surface area (Å²) >= 11 is 5.58. The van der Waals surface area contributed by atoms with Gasteiger partial charge in [0.25, 0.3) is 5.69 Å². The van der Waals surface area contributed by atoms with Crippen molar-refractivity contribution in [3.8, 4) is 6.07 Å². The van der Waals surface area contributed by atoms with Crippen LogP contribution in [0.4, 0.5) is 15.8 Å². The molecule has 112 valence electrons. The van der Waals surface area contributed by atoms with Gasteiger partial charge in [0.15, 0.2) is 0 Å². The Bertz CT molecular complexity index is 582. The van der Waals surface area contributed by atoms with Crippen LogP contribution in [0, 0.1) is 27.3 Å². The highest BCUT2D eigenvalue weighted by molar-refractivity contribution is 6.31. The summed E-state index contributed by atoms with van der Waals surface area (Å²) in [5.41, 5.74) is -0.0958. The predicted octanol–water partition coefficient (Wildman–Crippen LogP) is 2.79. The zero-order valence-corrected chi connectivity index (χ0v) is 11.9. The fourth-order valence-corrected chi connectivity index (χ4v) is 2.52. The Hall–Kier alpha value is -1.91. The molecule has 1 N–H and O–H groups in total. The van der Waals surface area contributed by atoms with Crippen molar-refractivity contribution in [2.75, 3.05) is 25.0 Å². The lowest BCUT2D eigenvalue weighted by Crippen LogP contribution is -2.39. The van der Waals surface area contributed by atoms with Gasteiger partial charge in [-0.05, 0) is 12.8 Å². The standard InChI is InChI=1S/C13H14ClFN4O2/c14-10-7-13(19(20)21)12(8-11(10)15)17-9-1-4-18(5-2-9)6-3-16/h7-9,17H,1-2,4-6H2. The molecule has 1 fully saturated rings. The lowest BCUT2D eigenvalue weighted by Gasteiger charge is -2.31. The van der Waals surface area contributed by atoms with Gasteiger partial charge in [0.2, 0.25) is 0 Å². The highest BCUT2D eigenvalue weighted by Crippen LogP contribution is 2.31. The molecule has 0 atom stereocenters. The Kier molecular flexibility index (Phi) is 4.94. The van der Waals surface area contributed by atoms with E-state index in [2.05, 4.69) is 11.4 Å². The maximum Gasteiger partial charge on any atom is 0.294 e. The number of halogens is 2. The summed E-state index contributed by atoms with van der Waals surface area (Å²) in [6.07, 6.45) is 1.48. The molecule has 0 radical (unpaired) electrons. The minimum absolute atomic E-state index is 0.0132. The first-order valence-electron chi connectivity index (χ1n) is 6.50. The van der Waals surface area contributed by atoms with Gasteiger partial charge in [0, 0.05) is 31.3 Å². The summed E-state index contributed by atoms with van der Waals surface area (Å²) in [5, 5.41) is 22.4. The molecule has 1 saturated heterocycles. The van der Waals surface area contributed by atoms with Crippen LogP contribution >= 0.6 is 11.6 Å². The van der Waals surface area contributed by atoms with Gasteiger partial charge in [-0.3, -0.25) is 15.0 Å². The van der Waals surface area contributed by atoms with E-state index in [0.717, 1.165) is 38.1 Å². The summed E-state index contributed by atoms with van der Waals surface area (Å²) < 4.78 is 13.5. The number of hydrogen-bond acceptors (Lipinski definition) is 5. The van der Waals surface area contributed by atoms with Crippen molar-refractivity contribution in [3.63, 3.8) is 0 Å². The number of hydrogen-bond donors (Lipinski definition) is 1. The van der Waals surface area contributed by atoms with Crippen LogP contribution in [-0.2, 0) is 0 Å². The second-order valence-electron chi connectivity index (χ2n) is 4.89. The van der Waals surface area contributed by atoms with Gasteiger partial charge in [-0.1, -0.05) is 11.6 Å². The van der Waals surface area contributed by atoms with Gasteiger partial charge in [-0.25, -0.2) is 4.39 Å². The van der Waals surface area contributed by atoms with Crippen LogP contribution in [0.5, 0.6) is 0 Å². The van der Waals surface area contributed by atoms with Crippen molar-refractivity contribution in [2.24, 2.45) is 0 Å². The molecule has 0 aromatic heterocycles. The molecule has 8 heteroatoms. The molecule has 1 aliphatic rings. The summed E-state index contributed by atoms with van der Waals surface area (Å²) in [5.74, 6) is -0.688. The minimum Gasteiger partial charge on any atom is -0.377 e. The highest BCUT2D eigenvalue weighted by atomic mass is 35.5. The number of nitrogens with one attached hydrogen (secondary N) is 1. The van der Waals surface area contributed by atoms with Gasteiger partial charge in [0.1, 0.15) is 11.5 Å². The molecular formula is C13H14ClFN4O2. The van der Waals surface area contributed by atoms with Crippen molar-refractivity contribution >= 4 is 23.0 Å². The Labute approximate surface area is 126 Å². The van der Waals surface area contributed by atoms with Gasteiger partial charge < -0.3 is 5.32 Å². The molecule has 2 rings (SSSR count). The molecule has 1 aliphatic heterocycles. The maximum atomic E-state index is 13.5. The molecule has 0 spiro atoms. The first-order chi connectivity index (χ1) is 10.0. The Morgan fingerprint density at radius 2 is 2.19 bits per heavy atom. The SMILES string of the molecule is N#CCN1CCC(Nc2cc(F)c(Cl)cc2[N+](=O)[O-])CC1. The summed E-state index contributed by atoms with van der Waals surface area (Å²) in [4.78, 5) is 12.4. The second-order valence-corrected chi connectivity index (χ2v) is 5.30. The van der Waals surface area contributed by atoms with Crippen LogP contribution in [0.3, 0.4) is 0 Å². The zero-order valence-electron chi connectivity index (χ0n) is 11.2. The first-order valence-corrected chi connectivity index (χ1v) is 6.88. The lowest BCUT2D eigenvalue weighted by molar-refractivity contribution is -0.384. The molecule has 0 bridgehead atoms. The van der Waals surface area contributed by atoms with E-state index >= 15 is 0 Å². The van der Waals surface area contributed by atoms with Crippen LogP contribution in [-0.4, -0.2) is 35.5 Å². The molecule has 0 saturated carbocycles. The third-order valence-corrected chi connectivity index (χ3v) is 3.77. The summed E-state index contributed by atoms with van der Waals surface area (Å²) in [6, 6.07) is 4.18. The number of likely N-dealkylation sites (tertiary alicyclic amines) is 1. The van der Waals surface area contributed by atoms with Crippen LogP contribution in [0.2, 0.25) is 5.02 Å². The van der Waals surface area contributed by atoms with Crippen molar-refractivity contribution in [1.82, 2.24) is 4.90 Å². The fourth-order valence-electron chi connectivity index (χ4n) is 2.36. The molecule has 1 heterocycles. The zero-order chi connectivity index (χ0) is 15.4. The van der Waals surface area contributed by atoms with Crippen molar-refractivity contribution in [2.45, 2.75) is 18.9 Å². The van der Waals surface area contributed by atoms with E-state index in [1.165, 1.54) is 0 Å². The number of rotatable bonds is 4. The van der Waals surface area contributed by atoms with Gasteiger partial charge in [-0.15, -0.1) is 0 Å². The van der Waals surface area contributed by atoms with E-state index in [-0.39, 0.29) is 22.4 Å². The molecule has 1 aromatic carbocycles.